The Balaban J connectivity index is 1.59. The summed E-state index contributed by atoms with van der Waals surface area (Å²) in [6, 6.07) is 18.5. The van der Waals surface area contributed by atoms with Crippen molar-refractivity contribution < 1.29 is 5.11 Å². The molecule has 0 aliphatic heterocycles. The second-order valence-electron chi connectivity index (χ2n) is 11.5. The van der Waals surface area contributed by atoms with Gasteiger partial charge >= 0.3 is 0 Å². The van der Waals surface area contributed by atoms with Crippen LogP contribution in [0.1, 0.15) is 112 Å². The molecule has 2 aromatic carbocycles. The maximum atomic E-state index is 11.0. The number of rotatable bonds is 10. The zero-order valence-electron chi connectivity index (χ0n) is 23.9. The van der Waals surface area contributed by atoms with Gasteiger partial charge in [0.05, 0.1) is 11.3 Å². The molecule has 0 spiro atoms. The Morgan fingerprint density at radius 1 is 0.811 bits per heavy atom. The maximum absolute atomic E-state index is 11.0. The Morgan fingerprint density at radius 3 is 2.05 bits per heavy atom. The molecule has 0 atom stereocenters. The van der Waals surface area contributed by atoms with Crippen LogP contribution in [0.2, 0.25) is 0 Å². The zero-order valence-corrected chi connectivity index (χ0v) is 23.9. The molecule has 0 unspecified atom stereocenters. The van der Waals surface area contributed by atoms with Gasteiger partial charge in [-0.15, -0.1) is 0 Å². The largest absolute Gasteiger partial charge is 0.390 e. The van der Waals surface area contributed by atoms with Crippen LogP contribution in [-0.2, 0) is 18.3 Å². The van der Waals surface area contributed by atoms with Crippen molar-refractivity contribution in [2.75, 3.05) is 0 Å². The summed E-state index contributed by atoms with van der Waals surface area (Å²) in [6.45, 7) is 11.3. The lowest BCUT2D eigenvalue weighted by Gasteiger charge is -2.35. The van der Waals surface area contributed by atoms with Gasteiger partial charge in [0.15, 0.2) is 0 Å². The van der Waals surface area contributed by atoms with Crippen molar-refractivity contribution in [2.45, 2.75) is 116 Å². The van der Waals surface area contributed by atoms with Crippen LogP contribution in [0.3, 0.4) is 0 Å². The van der Waals surface area contributed by atoms with Gasteiger partial charge in [0, 0.05) is 17.2 Å². The average Bonchev–Trinajstić information content (AvgIpc) is 2.90. The predicted octanol–water partition coefficient (Wildman–Crippen LogP) is 9.05. The third kappa shape index (κ3) is 6.01. The van der Waals surface area contributed by atoms with Crippen molar-refractivity contribution in [2.24, 2.45) is 0 Å². The second-order valence-corrected chi connectivity index (χ2v) is 11.5. The van der Waals surface area contributed by atoms with Crippen LogP contribution >= 0.6 is 0 Å². The van der Waals surface area contributed by atoms with E-state index in [0.29, 0.717) is 0 Å². The van der Waals surface area contributed by atoms with Gasteiger partial charge in [0.2, 0.25) is 0 Å². The summed E-state index contributed by atoms with van der Waals surface area (Å²) >= 11 is 0. The van der Waals surface area contributed by atoms with Crippen molar-refractivity contribution in [1.29, 1.82) is 0 Å². The van der Waals surface area contributed by atoms with E-state index < -0.39 is 5.60 Å². The fourth-order valence-corrected chi connectivity index (χ4v) is 6.60. The second kappa shape index (κ2) is 11.9. The first-order valence-electron chi connectivity index (χ1n) is 14.7. The number of pyridine rings is 1. The minimum Gasteiger partial charge on any atom is -0.390 e. The van der Waals surface area contributed by atoms with E-state index in [0.717, 1.165) is 57.1 Å². The number of aromatic nitrogens is 1. The fraction of sp³-hybridized carbons (Fsp3) is 0.514. The maximum Gasteiger partial charge on any atom is 0.0704 e. The molecule has 1 saturated carbocycles. The molecule has 1 aliphatic carbocycles. The van der Waals surface area contributed by atoms with Gasteiger partial charge in [-0.25, -0.2) is 0 Å². The first kappa shape index (κ1) is 27.6. The van der Waals surface area contributed by atoms with Crippen molar-refractivity contribution in [3.8, 4) is 11.3 Å². The summed E-state index contributed by atoms with van der Waals surface area (Å²) in [5.41, 5.74) is 9.95. The van der Waals surface area contributed by atoms with Crippen LogP contribution in [0.5, 0.6) is 0 Å². The number of aliphatic hydroxyl groups is 1. The molecular formula is C35H47NO. The predicted molar refractivity (Wildman–Crippen MR) is 157 cm³/mol. The van der Waals surface area contributed by atoms with Crippen molar-refractivity contribution in [1.82, 2.24) is 4.98 Å². The lowest BCUT2D eigenvalue weighted by molar-refractivity contribution is -0.00344. The third-order valence-corrected chi connectivity index (χ3v) is 9.16. The fourth-order valence-electron chi connectivity index (χ4n) is 6.60. The summed E-state index contributed by atoms with van der Waals surface area (Å²) in [5, 5.41) is 11.0. The lowest BCUT2D eigenvalue weighted by Crippen LogP contribution is -2.31. The summed E-state index contributed by atoms with van der Waals surface area (Å²) in [4.78, 5) is 4.78. The van der Waals surface area contributed by atoms with E-state index in [1.54, 1.807) is 0 Å². The van der Waals surface area contributed by atoms with Gasteiger partial charge < -0.3 is 5.11 Å². The molecule has 3 aromatic rings. The molecule has 4 rings (SSSR count). The summed E-state index contributed by atoms with van der Waals surface area (Å²) in [6.07, 6.45) is 13.8. The molecule has 1 heterocycles. The topological polar surface area (TPSA) is 33.1 Å². The summed E-state index contributed by atoms with van der Waals surface area (Å²) < 4.78 is 0. The van der Waals surface area contributed by atoms with Gasteiger partial charge in [0.25, 0.3) is 0 Å². The third-order valence-electron chi connectivity index (χ3n) is 9.16. The first-order valence-corrected chi connectivity index (χ1v) is 14.7. The molecule has 0 bridgehead atoms. The number of hydrogen-bond donors (Lipinski definition) is 1. The molecular weight excluding hydrogens is 450 g/mol. The van der Waals surface area contributed by atoms with Gasteiger partial charge in [-0.05, 0) is 98.2 Å². The minimum absolute atomic E-state index is 0.00738. The van der Waals surface area contributed by atoms with E-state index in [9.17, 15) is 5.11 Å². The lowest BCUT2D eigenvalue weighted by atomic mass is 9.69. The molecule has 1 aliphatic rings. The highest BCUT2D eigenvalue weighted by Crippen LogP contribution is 2.41. The first-order chi connectivity index (χ1) is 17.8. The normalized spacial score (nSPS) is 15.6. The number of nitrogens with zero attached hydrogens (tertiary/aromatic N) is 1. The minimum atomic E-state index is -0.454. The number of benzene rings is 2. The molecule has 198 valence electrons. The van der Waals surface area contributed by atoms with Crippen LogP contribution < -0.4 is 0 Å². The van der Waals surface area contributed by atoms with Gasteiger partial charge in [0.1, 0.15) is 0 Å². The van der Waals surface area contributed by atoms with Crippen molar-refractivity contribution >= 4 is 0 Å². The molecule has 1 N–H and O–H groups in total. The van der Waals surface area contributed by atoms with Gasteiger partial charge in [-0.1, -0.05) is 88.9 Å². The van der Waals surface area contributed by atoms with E-state index >= 15 is 0 Å². The number of aryl methyl sites for hydroxylation is 4. The number of hydrogen-bond acceptors (Lipinski definition) is 2. The Kier molecular flexibility index (Phi) is 8.90. The average molecular weight is 498 g/mol. The molecule has 0 radical (unpaired) electrons. The molecule has 1 aromatic heterocycles. The van der Waals surface area contributed by atoms with E-state index in [1.807, 2.05) is 6.20 Å². The van der Waals surface area contributed by atoms with E-state index in [2.05, 4.69) is 83.1 Å². The van der Waals surface area contributed by atoms with E-state index in [-0.39, 0.29) is 5.41 Å². The monoisotopic (exact) mass is 497 g/mol. The molecule has 1 fully saturated rings. The molecule has 2 heteroatoms. The quantitative estimate of drug-likeness (QED) is 0.303. The van der Waals surface area contributed by atoms with E-state index in [1.165, 1.54) is 58.2 Å². The van der Waals surface area contributed by atoms with Crippen LogP contribution in [0.25, 0.3) is 11.3 Å². The smallest absolute Gasteiger partial charge is 0.0704 e. The highest BCUT2D eigenvalue weighted by atomic mass is 16.3. The van der Waals surface area contributed by atoms with Crippen LogP contribution in [0, 0.1) is 13.8 Å². The van der Waals surface area contributed by atoms with E-state index in [4.69, 9.17) is 4.98 Å². The Labute approximate surface area is 225 Å². The molecule has 2 nitrogen and oxygen atoms in total. The van der Waals surface area contributed by atoms with Crippen molar-refractivity contribution in [3.63, 3.8) is 0 Å². The van der Waals surface area contributed by atoms with Crippen LogP contribution in [0.15, 0.2) is 54.7 Å². The van der Waals surface area contributed by atoms with Gasteiger partial charge in [-0.2, -0.15) is 0 Å². The Morgan fingerprint density at radius 2 is 1.49 bits per heavy atom. The molecule has 37 heavy (non-hydrogen) atoms. The Bertz CT molecular complexity index is 1170. The zero-order chi connectivity index (χ0) is 26.5. The van der Waals surface area contributed by atoms with Crippen molar-refractivity contribution in [3.05, 3.63) is 88.1 Å². The Hall–Kier alpha value is -2.45. The van der Waals surface area contributed by atoms with Crippen LogP contribution in [0.4, 0.5) is 0 Å². The highest BCUT2D eigenvalue weighted by Gasteiger charge is 2.32. The van der Waals surface area contributed by atoms with Crippen LogP contribution in [-0.4, -0.2) is 15.7 Å². The highest BCUT2D eigenvalue weighted by molar-refractivity contribution is 5.65. The summed E-state index contributed by atoms with van der Waals surface area (Å²) in [7, 11) is 0. The summed E-state index contributed by atoms with van der Waals surface area (Å²) in [5.74, 6) is 0. The molecule has 0 saturated heterocycles. The SMILES string of the molecule is CCCc1ccc(-c2ccc(C(CC)(CC)c3ccc(CCC4(O)CCCCC4)c(C)c3)cc2C)nc1. The van der Waals surface area contributed by atoms with Gasteiger partial charge in [-0.3, -0.25) is 4.98 Å². The standard InChI is InChI=1S/C35H47NO/c1-6-12-28-13-18-33(36-25-28)32-17-16-31(24-27(32)5)35(7-2,8-3)30-15-14-29(26(4)23-30)19-22-34(37)20-10-9-11-21-34/h13-18,23-25,37H,6-12,19-22H2,1-5H3. The molecule has 0 amide bonds.